The molecule has 0 aromatic heterocycles. The molecule has 0 radical (unpaired) electrons. The standard InChI is InChI=1S/C9H8BrClO4/c10-4-1-2-6(11)5(3-4)7(12)8(13)9(14)15/h1-3,7-8,12-13H,(H,14,15). The van der Waals surface area contributed by atoms with Crippen molar-refractivity contribution in [2.75, 3.05) is 0 Å². The van der Waals surface area contributed by atoms with Crippen molar-refractivity contribution >= 4 is 33.5 Å². The van der Waals surface area contributed by atoms with Crippen LogP contribution in [0, 0.1) is 0 Å². The topological polar surface area (TPSA) is 77.8 Å². The van der Waals surface area contributed by atoms with E-state index >= 15 is 0 Å². The maximum atomic E-state index is 10.4. The monoisotopic (exact) mass is 294 g/mol. The van der Waals surface area contributed by atoms with Gasteiger partial charge in [-0.15, -0.1) is 0 Å². The first-order valence-corrected chi connectivity index (χ1v) is 5.14. The lowest BCUT2D eigenvalue weighted by atomic mass is 10.0. The molecule has 0 spiro atoms. The number of halogens is 2. The molecule has 2 atom stereocenters. The van der Waals surface area contributed by atoms with Crippen molar-refractivity contribution in [2.24, 2.45) is 0 Å². The molecule has 0 aliphatic rings. The van der Waals surface area contributed by atoms with Crippen molar-refractivity contribution < 1.29 is 20.1 Å². The number of carboxylic acid groups (broad SMARTS) is 1. The van der Waals surface area contributed by atoms with Crippen LogP contribution >= 0.6 is 27.5 Å². The number of aliphatic hydroxyl groups excluding tert-OH is 2. The first-order valence-electron chi connectivity index (χ1n) is 3.97. The summed E-state index contributed by atoms with van der Waals surface area (Å²) in [6.07, 6.45) is -3.44. The van der Waals surface area contributed by atoms with Crippen molar-refractivity contribution in [1.29, 1.82) is 0 Å². The van der Waals surface area contributed by atoms with E-state index in [0.29, 0.717) is 4.47 Å². The minimum Gasteiger partial charge on any atom is -0.479 e. The molecule has 4 nitrogen and oxygen atoms in total. The largest absolute Gasteiger partial charge is 0.479 e. The van der Waals surface area contributed by atoms with Crippen LogP contribution in [0.4, 0.5) is 0 Å². The molecule has 1 aromatic rings. The zero-order valence-corrected chi connectivity index (χ0v) is 9.73. The van der Waals surface area contributed by atoms with Gasteiger partial charge in [0, 0.05) is 15.1 Å². The molecule has 0 aliphatic carbocycles. The van der Waals surface area contributed by atoms with E-state index in [9.17, 15) is 9.90 Å². The van der Waals surface area contributed by atoms with Crippen LogP contribution in [0.2, 0.25) is 5.02 Å². The summed E-state index contributed by atoms with van der Waals surface area (Å²) < 4.78 is 0.638. The Balaban J connectivity index is 3.04. The van der Waals surface area contributed by atoms with E-state index in [1.54, 1.807) is 6.07 Å². The van der Waals surface area contributed by atoms with Gasteiger partial charge in [0.25, 0.3) is 0 Å². The Morgan fingerprint density at radius 1 is 1.40 bits per heavy atom. The minimum atomic E-state index is -1.89. The van der Waals surface area contributed by atoms with E-state index in [1.165, 1.54) is 12.1 Å². The van der Waals surface area contributed by atoms with Crippen LogP contribution in [0.25, 0.3) is 0 Å². The average molecular weight is 296 g/mol. The molecule has 1 rings (SSSR count). The number of benzene rings is 1. The van der Waals surface area contributed by atoms with E-state index in [-0.39, 0.29) is 10.6 Å². The van der Waals surface area contributed by atoms with Gasteiger partial charge in [-0.1, -0.05) is 27.5 Å². The fourth-order valence-corrected chi connectivity index (χ4v) is 1.65. The van der Waals surface area contributed by atoms with E-state index in [0.717, 1.165) is 0 Å². The number of aliphatic carboxylic acids is 1. The summed E-state index contributed by atoms with van der Waals surface area (Å²) in [6, 6.07) is 4.60. The second kappa shape index (κ2) is 4.94. The van der Waals surface area contributed by atoms with Crippen molar-refractivity contribution in [3.8, 4) is 0 Å². The molecule has 82 valence electrons. The second-order valence-electron chi connectivity index (χ2n) is 2.89. The highest BCUT2D eigenvalue weighted by Crippen LogP contribution is 2.28. The molecular weight excluding hydrogens is 287 g/mol. The number of carboxylic acids is 1. The summed E-state index contributed by atoms with van der Waals surface area (Å²) in [5.74, 6) is -1.50. The maximum Gasteiger partial charge on any atom is 0.335 e. The predicted molar refractivity (Wildman–Crippen MR) is 57.8 cm³/mol. The lowest BCUT2D eigenvalue weighted by molar-refractivity contribution is -0.153. The number of rotatable bonds is 3. The Hall–Kier alpha value is -0.620. The van der Waals surface area contributed by atoms with Gasteiger partial charge in [-0.2, -0.15) is 0 Å². The number of hydrogen-bond donors (Lipinski definition) is 3. The van der Waals surface area contributed by atoms with E-state index < -0.39 is 18.2 Å². The Morgan fingerprint density at radius 2 is 2.00 bits per heavy atom. The zero-order chi connectivity index (χ0) is 11.6. The van der Waals surface area contributed by atoms with Gasteiger partial charge in [-0.25, -0.2) is 4.79 Å². The molecule has 2 unspecified atom stereocenters. The van der Waals surface area contributed by atoms with Crippen LogP contribution < -0.4 is 0 Å². The SMILES string of the molecule is O=C(O)C(O)C(O)c1cc(Br)ccc1Cl. The second-order valence-corrected chi connectivity index (χ2v) is 4.22. The average Bonchev–Trinajstić information content (AvgIpc) is 2.19. The van der Waals surface area contributed by atoms with Crippen LogP contribution in [0.3, 0.4) is 0 Å². The normalized spacial score (nSPS) is 14.7. The smallest absolute Gasteiger partial charge is 0.335 e. The highest BCUT2D eigenvalue weighted by Gasteiger charge is 2.26. The quantitative estimate of drug-likeness (QED) is 0.791. The van der Waals surface area contributed by atoms with Gasteiger partial charge < -0.3 is 15.3 Å². The third kappa shape index (κ3) is 2.92. The van der Waals surface area contributed by atoms with Crippen LogP contribution in [0.5, 0.6) is 0 Å². The zero-order valence-electron chi connectivity index (χ0n) is 7.39. The number of hydrogen-bond acceptors (Lipinski definition) is 3. The van der Waals surface area contributed by atoms with Crippen LogP contribution in [-0.4, -0.2) is 27.4 Å². The third-order valence-electron chi connectivity index (χ3n) is 1.83. The number of carbonyl (C=O) groups is 1. The van der Waals surface area contributed by atoms with Crippen molar-refractivity contribution in [3.63, 3.8) is 0 Å². The summed E-state index contributed by atoms with van der Waals surface area (Å²) >= 11 is 8.91. The molecule has 0 fully saturated rings. The van der Waals surface area contributed by atoms with Gasteiger partial charge in [0.05, 0.1) is 0 Å². The Kier molecular flexibility index (Phi) is 4.10. The van der Waals surface area contributed by atoms with Gasteiger partial charge in [0.1, 0.15) is 6.10 Å². The lowest BCUT2D eigenvalue weighted by Crippen LogP contribution is -2.27. The molecule has 3 N–H and O–H groups in total. The summed E-state index contributed by atoms with van der Waals surface area (Å²) in [7, 11) is 0. The molecule has 0 aliphatic heterocycles. The molecular formula is C9H8BrClO4. The first kappa shape index (κ1) is 12.4. The van der Waals surface area contributed by atoms with Gasteiger partial charge in [0.15, 0.2) is 6.10 Å². The first-order chi connectivity index (χ1) is 6.93. The summed E-state index contributed by atoms with van der Waals surface area (Å²) in [5.41, 5.74) is 0.168. The van der Waals surface area contributed by atoms with Crippen LogP contribution in [-0.2, 0) is 4.79 Å². The molecule has 0 saturated carbocycles. The van der Waals surface area contributed by atoms with Gasteiger partial charge >= 0.3 is 5.97 Å². The molecule has 0 amide bonds. The molecule has 0 bridgehead atoms. The molecule has 6 heteroatoms. The maximum absolute atomic E-state index is 10.4. The molecule has 1 aromatic carbocycles. The highest BCUT2D eigenvalue weighted by molar-refractivity contribution is 9.10. The summed E-state index contributed by atoms with van der Waals surface area (Å²) in [6.45, 7) is 0. The van der Waals surface area contributed by atoms with Crippen molar-refractivity contribution in [2.45, 2.75) is 12.2 Å². The Labute approximate surface area is 99.2 Å². The van der Waals surface area contributed by atoms with Gasteiger partial charge in [0.2, 0.25) is 0 Å². The predicted octanol–water partition coefficient (Wildman–Crippen LogP) is 1.58. The molecule has 0 saturated heterocycles. The van der Waals surface area contributed by atoms with E-state index in [2.05, 4.69) is 15.9 Å². The summed E-state index contributed by atoms with van der Waals surface area (Å²) in [5, 5.41) is 27.4. The Bertz CT molecular complexity index is 382. The lowest BCUT2D eigenvalue weighted by Gasteiger charge is -2.15. The fourth-order valence-electron chi connectivity index (χ4n) is 1.05. The van der Waals surface area contributed by atoms with Gasteiger partial charge in [-0.3, -0.25) is 0 Å². The van der Waals surface area contributed by atoms with Crippen molar-refractivity contribution in [1.82, 2.24) is 0 Å². The summed E-state index contributed by atoms with van der Waals surface area (Å²) in [4.78, 5) is 10.4. The highest BCUT2D eigenvalue weighted by atomic mass is 79.9. The van der Waals surface area contributed by atoms with Gasteiger partial charge in [-0.05, 0) is 18.2 Å². The molecule has 0 heterocycles. The van der Waals surface area contributed by atoms with Crippen LogP contribution in [0.1, 0.15) is 11.7 Å². The number of aliphatic hydroxyl groups is 2. The Morgan fingerprint density at radius 3 is 2.53 bits per heavy atom. The van der Waals surface area contributed by atoms with E-state index in [1.807, 2.05) is 0 Å². The van der Waals surface area contributed by atoms with Crippen LogP contribution in [0.15, 0.2) is 22.7 Å². The minimum absolute atomic E-state index is 0.168. The fraction of sp³-hybridized carbons (Fsp3) is 0.222. The molecule has 15 heavy (non-hydrogen) atoms. The third-order valence-corrected chi connectivity index (χ3v) is 2.67. The van der Waals surface area contributed by atoms with E-state index in [4.69, 9.17) is 21.8 Å². The van der Waals surface area contributed by atoms with Crippen molar-refractivity contribution in [3.05, 3.63) is 33.3 Å².